The quantitative estimate of drug-likeness (QED) is 0.861. The van der Waals surface area contributed by atoms with E-state index in [4.69, 9.17) is 33.7 Å². The Balaban J connectivity index is 2.09. The van der Waals surface area contributed by atoms with Gasteiger partial charge in [-0.3, -0.25) is 0 Å². The van der Waals surface area contributed by atoms with Gasteiger partial charge in [-0.1, -0.05) is 41.1 Å². The Bertz CT molecular complexity index is 702. The van der Waals surface area contributed by atoms with E-state index in [1.165, 1.54) is 0 Å². The van der Waals surface area contributed by atoms with Gasteiger partial charge in [0.1, 0.15) is 12.4 Å². The Kier molecular flexibility index (Phi) is 5.52. The van der Waals surface area contributed by atoms with Crippen LogP contribution in [0.5, 0.6) is 5.75 Å². The van der Waals surface area contributed by atoms with Gasteiger partial charge in [0.05, 0.1) is 6.54 Å². The first kappa shape index (κ1) is 15.7. The summed E-state index contributed by atoms with van der Waals surface area (Å²) in [7, 11) is 0. The number of rotatable bonds is 3. The molecule has 21 heavy (non-hydrogen) atoms. The lowest BCUT2D eigenvalue weighted by atomic mass is 10.1. The minimum atomic E-state index is 0.354. The molecule has 0 heterocycles. The monoisotopic (exact) mass is 319 g/mol. The van der Waals surface area contributed by atoms with Gasteiger partial charge in [-0.25, -0.2) is 0 Å². The summed E-state index contributed by atoms with van der Waals surface area (Å²) in [6.45, 7) is 2.73. The molecule has 0 atom stereocenters. The van der Waals surface area contributed by atoms with Crippen LogP contribution in [0.3, 0.4) is 0 Å². The van der Waals surface area contributed by atoms with Crippen LogP contribution in [0.15, 0.2) is 36.4 Å². The van der Waals surface area contributed by atoms with E-state index < -0.39 is 0 Å². The van der Waals surface area contributed by atoms with E-state index in [9.17, 15) is 0 Å². The molecule has 0 saturated heterocycles. The molecule has 0 aromatic heterocycles. The van der Waals surface area contributed by atoms with E-state index in [1.54, 1.807) is 12.1 Å². The van der Waals surface area contributed by atoms with Crippen LogP contribution in [0, 0.1) is 18.8 Å². The Morgan fingerprint density at radius 2 is 1.95 bits per heavy atom. The normalized spacial score (nSPS) is 9.90. The van der Waals surface area contributed by atoms with Crippen LogP contribution in [0.1, 0.15) is 16.7 Å². The zero-order valence-corrected chi connectivity index (χ0v) is 13.1. The van der Waals surface area contributed by atoms with Crippen molar-refractivity contribution in [2.45, 2.75) is 13.5 Å². The van der Waals surface area contributed by atoms with Gasteiger partial charge >= 0.3 is 0 Å². The SMILES string of the molecule is Cc1cc(C#CCN)ccc1OCc1ccc(Cl)cc1Cl. The molecule has 4 heteroatoms. The summed E-state index contributed by atoms with van der Waals surface area (Å²) in [5.74, 6) is 6.63. The standard InChI is InChI=1S/C17H15Cl2NO/c1-12-9-13(3-2-8-20)4-7-17(12)21-11-14-5-6-15(18)10-16(14)19/h4-7,9-10H,8,11,20H2,1H3. The van der Waals surface area contributed by atoms with Gasteiger partial charge in [-0.2, -0.15) is 0 Å². The van der Waals surface area contributed by atoms with Crippen molar-refractivity contribution in [1.29, 1.82) is 0 Å². The minimum Gasteiger partial charge on any atom is -0.489 e. The molecule has 0 aliphatic rings. The van der Waals surface area contributed by atoms with Gasteiger partial charge in [-0.15, -0.1) is 0 Å². The number of hydrogen-bond acceptors (Lipinski definition) is 2. The number of ether oxygens (including phenoxy) is 1. The molecule has 0 radical (unpaired) electrons. The summed E-state index contributed by atoms with van der Waals surface area (Å²) in [5.41, 5.74) is 8.20. The van der Waals surface area contributed by atoms with Crippen LogP contribution in [0.2, 0.25) is 10.0 Å². The fourth-order valence-electron chi connectivity index (χ4n) is 1.84. The number of halogens is 2. The summed E-state index contributed by atoms with van der Waals surface area (Å²) in [4.78, 5) is 0. The van der Waals surface area contributed by atoms with Gasteiger partial charge in [0.2, 0.25) is 0 Å². The van der Waals surface area contributed by atoms with Gasteiger partial charge < -0.3 is 10.5 Å². The fourth-order valence-corrected chi connectivity index (χ4v) is 2.30. The second-order valence-electron chi connectivity index (χ2n) is 4.51. The molecule has 2 rings (SSSR count). The Hall–Kier alpha value is -1.66. The third kappa shape index (κ3) is 4.41. The second-order valence-corrected chi connectivity index (χ2v) is 5.35. The molecule has 2 nitrogen and oxygen atoms in total. The van der Waals surface area contributed by atoms with Crippen molar-refractivity contribution < 1.29 is 4.74 Å². The Morgan fingerprint density at radius 1 is 1.14 bits per heavy atom. The first-order valence-electron chi connectivity index (χ1n) is 6.46. The van der Waals surface area contributed by atoms with Crippen LogP contribution in [-0.4, -0.2) is 6.54 Å². The number of hydrogen-bond donors (Lipinski definition) is 1. The lowest BCUT2D eigenvalue weighted by Gasteiger charge is -2.10. The third-order valence-corrected chi connectivity index (χ3v) is 3.49. The Labute approximate surface area is 134 Å². The van der Waals surface area contributed by atoms with Crippen LogP contribution in [-0.2, 0) is 6.61 Å². The first-order chi connectivity index (χ1) is 10.1. The van der Waals surface area contributed by atoms with Crippen LogP contribution in [0.4, 0.5) is 0 Å². The topological polar surface area (TPSA) is 35.2 Å². The molecule has 0 fully saturated rings. The van der Waals surface area contributed by atoms with E-state index in [1.807, 2.05) is 31.2 Å². The highest BCUT2D eigenvalue weighted by molar-refractivity contribution is 6.35. The van der Waals surface area contributed by atoms with Crippen molar-refractivity contribution in [3.05, 3.63) is 63.1 Å². The maximum atomic E-state index is 6.12. The predicted octanol–water partition coefficient (Wildman–Crippen LogP) is 4.19. The molecular formula is C17H15Cl2NO. The van der Waals surface area contributed by atoms with Crippen molar-refractivity contribution in [3.8, 4) is 17.6 Å². The predicted molar refractivity (Wildman–Crippen MR) is 87.9 cm³/mol. The lowest BCUT2D eigenvalue weighted by molar-refractivity contribution is 0.304. The maximum Gasteiger partial charge on any atom is 0.122 e. The molecule has 108 valence electrons. The zero-order valence-electron chi connectivity index (χ0n) is 11.6. The van der Waals surface area contributed by atoms with E-state index in [2.05, 4.69) is 11.8 Å². The molecule has 2 aromatic carbocycles. The van der Waals surface area contributed by atoms with Gasteiger partial charge in [-0.05, 0) is 42.8 Å². The molecular weight excluding hydrogens is 305 g/mol. The zero-order chi connectivity index (χ0) is 15.2. The molecule has 2 N–H and O–H groups in total. The van der Waals surface area contributed by atoms with Crippen molar-refractivity contribution in [1.82, 2.24) is 0 Å². The van der Waals surface area contributed by atoms with E-state index in [0.717, 1.165) is 22.4 Å². The molecule has 0 bridgehead atoms. The van der Waals surface area contributed by atoms with Crippen molar-refractivity contribution in [3.63, 3.8) is 0 Å². The molecule has 0 spiro atoms. The number of aryl methyl sites for hydroxylation is 1. The summed E-state index contributed by atoms with van der Waals surface area (Å²) < 4.78 is 5.80. The summed E-state index contributed by atoms with van der Waals surface area (Å²) in [6.07, 6.45) is 0. The molecule has 0 aliphatic heterocycles. The van der Waals surface area contributed by atoms with E-state index >= 15 is 0 Å². The largest absolute Gasteiger partial charge is 0.489 e. The summed E-state index contributed by atoms with van der Waals surface area (Å²) >= 11 is 12.0. The minimum absolute atomic E-state index is 0.354. The van der Waals surface area contributed by atoms with Gasteiger partial charge in [0.25, 0.3) is 0 Å². The van der Waals surface area contributed by atoms with Crippen molar-refractivity contribution in [2.75, 3.05) is 6.54 Å². The first-order valence-corrected chi connectivity index (χ1v) is 7.22. The average Bonchev–Trinajstić information content (AvgIpc) is 2.45. The van der Waals surface area contributed by atoms with Crippen molar-refractivity contribution in [2.24, 2.45) is 5.73 Å². The smallest absolute Gasteiger partial charge is 0.122 e. The van der Waals surface area contributed by atoms with Crippen LogP contribution >= 0.6 is 23.2 Å². The number of benzene rings is 2. The van der Waals surface area contributed by atoms with E-state index in [0.29, 0.717) is 23.2 Å². The second kappa shape index (κ2) is 7.38. The average molecular weight is 320 g/mol. The van der Waals surface area contributed by atoms with Crippen LogP contribution in [0.25, 0.3) is 0 Å². The molecule has 0 aliphatic carbocycles. The maximum absolute atomic E-state index is 6.12. The van der Waals surface area contributed by atoms with E-state index in [-0.39, 0.29) is 0 Å². The highest BCUT2D eigenvalue weighted by Gasteiger charge is 2.04. The summed E-state index contributed by atoms with van der Waals surface area (Å²) in [6, 6.07) is 11.2. The number of nitrogens with two attached hydrogens (primary N) is 1. The van der Waals surface area contributed by atoms with Gasteiger partial charge in [0, 0.05) is 21.2 Å². The lowest BCUT2D eigenvalue weighted by Crippen LogP contribution is -1.98. The molecule has 0 saturated carbocycles. The van der Waals surface area contributed by atoms with Gasteiger partial charge in [0.15, 0.2) is 0 Å². The van der Waals surface area contributed by atoms with Crippen LogP contribution < -0.4 is 10.5 Å². The molecule has 0 unspecified atom stereocenters. The molecule has 0 amide bonds. The van der Waals surface area contributed by atoms with Crippen molar-refractivity contribution >= 4 is 23.2 Å². The summed E-state index contributed by atoms with van der Waals surface area (Å²) in [5, 5.41) is 1.22. The highest BCUT2D eigenvalue weighted by atomic mass is 35.5. The molecule has 2 aromatic rings. The fraction of sp³-hybridized carbons (Fsp3) is 0.176. The highest BCUT2D eigenvalue weighted by Crippen LogP contribution is 2.24. The third-order valence-electron chi connectivity index (χ3n) is 2.91. The Morgan fingerprint density at radius 3 is 2.62 bits per heavy atom.